The molecule has 2 heteroatoms. The summed E-state index contributed by atoms with van der Waals surface area (Å²) in [6.07, 6.45) is 1.84. The molecule has 1 heterocycles. The highest BCUT2D eigenvalue weighted by molar-refractivity contribution is 6.05. The van der Waals surface area contributed by atoms with E-state index >= 15 is 0 Å². The molecule has 1 N–H and O–H groups in total. The minimum atomic E-state index is 1.07. The molecule has 2 nitrogen and oxygen atoms in total. The number of aromatic nitrogens is 1. The van der Waals surface area contributed by atoms with E-state index in [1.165, 1.54) is 16.2 Å². The molecule has 0 radical (unpaired) electrons. The Kier molecular flexibility index (Phi) is 2.00. The lowest BCUT2D eigenvalue weighted by Gasteiger charge is -2.05. The third-order valence-corrected chi connectivity index (χ3v) is 2.88. The van der Waals surface area contributed by atoms with Crippen LogP contribution in [0.3, 0.4) is 0 Å². The van der Waals surface area contributed by atoms with Crippen molar-refractivity contribution in [3.05, 3.63) is 48.7 Å². The van der Waals surface area contributed by atoms with Gasteiger partial charge in [-0.25, -0.2) is 0 Å². The van der Waals surface area contributed by atoms with Crippen LogP contribution in [0.25, 0.3) is 21.7 Å². The Hall–Kier alpha value is -2.09. The summed E-state index contributed by atoms with van der Waals surface area (Å²) in [5.74, 6) is 0. The number of nitrogens with one attached hydrogen (secondary N) is 1. The summed E-state index contributed by atoms with van der Waals surface area (Å²) in [4.78, 5) is 4.44. The van der Waals surface area contributed by atoms with E-state index < -0.39 is 0 Å². The Morgan fingerprint density at radius 1 is 1.00 bits per heavy atom. The molecule has 1 aromatic heterocycles. The molecule has 3 rings (SSSR count). The van der Waals surface area contributed by atoms with E-state index in [1.54, 1.807) is 0 Å². The molecule has 0 aliphatic heterocycles. The predicted molar refractivity (Wildman–Crippen MR) is 68.8 cm³/mol. The van der Waals surface area contributed by atoms with Crippen molar-refractivity contribution >= 4 is 27.4 Å². The second-order valence-corrected chi connectivity index (χ2v) is 3.83. The van der Waals surface area contributed by atoms with Crippen molar-refractivity contribution in [1.29, 1.82) is 0 Å². The molecule has 0 bridgehead atoms. The second kappa shape index (κ2) is 3.49. The molecule has 0 spiro atoms. The van der Waals surface area contributed by atoms with Crippen molar-refractivity contribution in [3.63, 3.8) is 0 Å². The molecule has 16 heavy (non-hydrogen) atoms. The molecule has 0 aliphatic carbocycles. The average Bonchev–Trinajstić information content (AvgIpc) is 2.38. The lowest BCUT2D eigenvalue weighted by Crippen LogP contribution is -1.88. The summed E-state index contributed by atoms with van der Waals surface area (Å²) < 4.78 is 0. The van der Waals surface area contributed by atoms with Crippen LogP contribution in [0.2, 0.25) is 0 Å². The fourth-order valence-electron chi connectivity index (χ4n) is 2.03. The fraction of sp³-hybridized carbons (Fsp3) is 0.0714. The molecule has 0 atom stereocenters. The van der Waals surface area contributed by atoms with Gasteiger partial charge in [0, 0.05) is 29.7 Å². The van der Waals surface area contributed by atoms with Gasteiger partial charge in [-0.15, -0.1) is 0 Å². The number of hydrogen-bond donors (Lipinski definition) is 1. The Morgan fingerprint density at radius 3 is 2.75 bits per heavy atom. The number of rotatable bonds is 1. The van der Waals surface area contributed by atoms with Gasteiger partial charge in [-0.3, -0.25) is 4.98 Å². The van der Waals surface area contributed by atoms with Crippen LogP contribution in [-0.4, -0.2) is 12.0 Å². The van der Waals surface area contributed by atoms with E-state index in [-0.39, 0.29) is 0 Å². The van der Waals surface area contributed by atoms with Gasteiger partial charge in [-0.2, -0.15) is 0 Å². The summed E-state index contributed by atoms with van der Waals surface area (Å²) in [5, 5.41) is 6.76. The van der Waals surface area contributed by atoms with Crippen LogP contribution >= 0.6 is 0 Å². The van der Waals surface area contributed by atoms with Crippen molar-refractivity contribution in [2.45, 2.75) is 0 Å². The van der Waals surface area contributed by atoms with Crippen LogP contribution in [0.5, 0.6) is 0 Å². The summed E-state index contributed by atoms with van der Waals surface area (Å²) in [7, 11) is 1.93. The maximum Gasteiger partial charge on any atom is 0.0780 e. The van der Waals surface area contributed by atoms with Gasteiger partial charge < -0.3 is 5.32 Å². The Morgan fingerprint density at radius 2 is 1.88 bits per heavy atom. The lowest BCUT2D eigenvalue weighted by molar-refractivity contribution is 1.43. The van der Waals surface area contributed by atoms with Crippen LogP contribution < -0.4 is 5.32 Å². The maximum atomic E-state index is 4.44. The van der Waals surface area contributed by atoms with Gasteiger partial charge in [0.15, 0.2) is 0 Å². The predicted octanol–water partition coefficient (Wildman–Crippen LogP) is 3.43. The molecule has 0 amide bonds. The van der Waals surface area contributed by atoms with Gasteiger partial charge in [0.05, 0.1) is 5.52 Å². The number of benzene rings is 2. The SMILES string of the molecule is CNc1ccc2c(ccc3cccnc32)c1. The van der Waals surface area contributed by atoms with Gasteiger partial charge >= 0.3 is 0 Å². The van der Waals surface area contributed by atoms with Crippen LogP contribution in [0.4, 0.5) is 5.69 Å². The third-order valence-electron chi connectivity index (χ3n) is 2.88. The van der Waals surface area contributed by atoms with Crippen molar-refractivity contribution in [2.24, 2.45) is 0 Å². The van der Waals surface area contributed by atoms with Crippen LogP contribution in [0.1, 0.15) is 0 Å². The highest BCUT2D eigenvalue weighted by Gasteiger charge is 2.01. The smallest absolute Gasteiger partial charge is 0.0780 e. The molecule has 2 aromatic carbocycles. The Bertz CT molecular complexity index is 659. The van der Waals surface area contributed by atoms with Gasteiger partial charge in [-0.05, 0) is 23.6 Å². The van der Waals surface area contributed by atoms with Gasteiger partial charge in [0.25, 0.3) is 0 Å². The van der Waals surface area contributed by atoms with E-state index in [2.05, 4.69) is 46.7 Å². The van der Waals surface area contributed by atoms with Gasteiger partial charge in [0.2, 0.25) is 0 Å². The zero-order valence-electron chi connectivity index (χ0n) is 9.07. The number of nitrogens with zero attached hydrogens (tertiary/aromatic N) is 1. The monoisotopic (exact) mass is 208 g/mol. The largest absolute Gasteiger partial charge is 0.388 e. The highest BCUT2D eigenvalue weighted by Crippen LogP contribution is 2.25. The van der Waals surface area contributed by atoms with E-state index in [0.717, 1.165) is 11.2 Å². The van der Waals surface area contributed by atoms with E-state index in [4.69, 9.17) is 0 Å². The molecular weight excluding hydrogens is 196 g/mol. The van der Waals surface area contributed by atoms with Crippen LogP contribution in [0, 0.1) is 0 Å². The first-order valence-corrected chi connectivity index (χ1v) is 5.34. The molecule has 0 unspecified atom stereocenters. The van der Waals surface area contributed by atoms with Crippen molar-refractivity contribution in [1.82, 2.24) is 4.98 Å². The van der Waals surface area contributed by atoms with E-state index in [0.29, 0.717) is 0 Å². The highest BCUT2D eigenvalue weighted by atomic mass is 14.8. The van der Waals surface area contributed by atoms with Crippen molar-refractivity contribution in [2.75, 3.05) is 12.4 Å². The number of fused-ring (bicyclic) bond motifs is 3. The molecule has 0 saturated carbocycles. The molecule has 78 valence electrons. The topological polar surface area (TPSA) is 24.9 Å². The minimum Gasteiger partial charge on any atom is -0.388 e. The van der Waals surface area contributed by atoms with E-state index in [9.17, 15) is 0 Å². The third kappa shape index (κ3) is 1.31. The van der Waals surface area contributed by atoms with Crippen LogP contribution in [0.15, 0.2) is 48.7 Å². The molecule has 0 aliphatic rings. The van der Waals surface area contributed by atoms with Crippen LogP contribution in [-0.2, 0) is 0 Å². The first-order valence-electron chi connectivity index (χ1n) is 5.34. The van der Waals surface area contributed by atoms with E-state index in [1.807, 2.05) is 19.3 Å². The molecule has 0 saturated heterocycles. The number of pyridine rings is 1. The second-order valence-electron chi connectivity index (χ2n) is 3.83. The Balaban J connectivity index is 2.43. The summed E-state index contributed by atoms with van der Waals surface area (Å²) in [6.45, 7) is 0. The Labute approximate surface area is 93.9 Å². The normalized spacial score (nSPS) is 10.8. The zero-order chi connectivity index (χ0) is 11.0. The summed E-state index contributed by atoms with van der Waals surface area (Å²) in [5.41, 5.74) is 2.20. The summed E-state index contributed by atoms with van der Waals surface area (Å²) >= 11 is 0. The van der Waals surface area contributed by atoms with Gasteiger partial charge in [0.1, 0.15) is 0 Å². The first kappa shape index (κ1) is 9.16. The van der Waals surface area contributed by atoms with Crippen molar-refractivity contribution in [3.8, 4) is 0 Å². The first-order chi connectivity index (χ1) is 7.88. The molecular formula is C14H12N2. The number of anilines is 1. The molecule has 0 fully saturated rings. The molecule has 3 aromatic rings. The lowest BCUT2D eigenvalue weighted by atomic mass is 10.1. The standard InChI is InChI=1S/C14H12N2/c1-15-12-6-7-13-11(9-12)5-4-10-3-2-8-16-14(10)13/h2-9,15H,1H3. The fourth-order valence-corrected chi connectivity index (χ4v) is 2.03. The zero-order valence-corrected chi connectivity index (χ0v) is 9.07. The minimum absolute atomic E-state index is 1.07. The average molecular weight is 208 g/mol. The van der Waals surface area contributed by atoms with Crippen molar-refractivity contribution < 1.29 is 0 Å². The number of hydrogen-bond acceptors (Lipinski definition) is 2. The summed E-state index contributed by atoms with van der Waals surface area (Å²) in [6, 6.07) is 14.7. The maximum absolute atomic E-state index is 4.44. The van der Waals surface area contributed by atoms with Gasteiger partial charge in [-0.1, -0.05) is 24.3 Å². The quantitative estimate of drug-likeness (QED) is 0.620.